The zero-order valence-corrected chi connectivity index (χ0v) is 17.5. The van der Waals surface area contributed by atoms with Crippen LogP contribution >= 0.6 is 0 Å². The van der Waals surface area contributed by atoms with Crippen LogP contribution in [0.4, 0.5) is 5.69 Å². The van der Waals surface area contributed by atoms with E-state index in [4.69, 9.17) is 4.74 Å². The Morgan fingerprint density at radius 3 is 2.66 bits per heavy atom. The fraction of sp³-hybridized carbons (Fsp3) is 0.160. The van der Waals surface area contributed by atoms with E-state index >= 15 is 0 Å². The number of rotatable bonds is 9. The van der Waals surface area contributed by atoms with E-state index in [0.717, 1.165) is 10.8 Å². The SMILES string of the molecule is O=C(CCNC(=O)c1ccc2ccccc2c1)Nc1cccc(OCCn2cccn2)c1. The Morgan fingerprint density at radius 2 is 1.81 bits per heavy atom. The highest BCUT2D eigenvalue weighted by Gasteiger charge is 2.08. The van der Waals surface area contributed by atoms with Gasteiger partial charge in [-0.2, -0.15) is 5.10 Å². The van der Waals surface area contributed by atoms with Crippen LogP contribution in [0.1, 0.15) is 16.8 Å². The summed E-state index contributed by atoms with van der Waals surface area (Å²) in [7, 11) is 0. The summed E-state index contributed by atoms with van der Waals surface area (Å²) in [6.07, 6.45) is 3.77. The van der Waals surface area contributed by atoms with Gasteiger partial charge < -0.3 is 15.4 Å². The summed E-state index contributed by atoms with van der Waals surface area (Å²) in [6, 6.07) is 22.5. The first kappa shape index (κ1) is 21.1. The van der Waals surface area contributed by atoms with Gasteiger partial charge in [-0.05, 0) is 41.1 Å². The molecule has 0 saturated carbocycles. The highest BCUT2D eigenvalue weighted by atomic mass is 16.5. The summed E-state index contributed by atoms with van der Waals surface area (Å²) in [5, 5.41) is 11.8. The predicted octanol–water partition coefficient (Wildman–Crippen LogP) is 3.87. The van der Waals surface area contributed by atoms with Gasteiger partial charge in [0, 0.05) is 42.7 Å². The third kappa shape index (κ3) is 5.72. The predicted molar refractivity (Wildman–Crippen MR) is 124 cm³/mol. The summed E-state index contributed by atoms with van der Waals surface area (Å²) in [4.78, 5) is 24.7. The van der Waals surface area contributed by atoms with Crippen LogP contribution < -0.4 is 15.4 Å². The molecule has 0 bridgehead atoms. The number of amides is 2. The topological polar surface area (TPSA) is 85.3 Å². The molecule has 0 radical (unpaired) electrons. The maximum absolute atomic E-state index is 12.4. The zero-order chi connectivity index (χ0) is 22.2. The molecule has 1 aromatic heterocycles. The first-order valence-corrected chi connectivity index (χ1v) is 10.4. The highest BCUT2D eigenvalue weighted by Crippen LogP contribution is 2.18. The van der Waals surface area contributed by atoms with Crippen LogP contribution in [0.5, 0.6) is 5.75 Å². The van der Waals surface area contributed by atoms with E-state index < -0.39 is 0 Å². The zero-order valence-electron chi connectivity index (χ0n) is 17.5. The van der Waals surface area contributed by atoms with Crippen molar-refractivity contribution in [3.05, 3.63) is 90.8 Å². The third-order valence-electron chi connectivity index (χ3n) is 4.92. The molecule has 32 heavy (non-hydrogen) atoms. The highest BCUT2D eigenvalue weighted by molar-refractivity contribution is 5.99. The van der Waals surface area contributed by atoms with Crippen molar-refractivity contribution in [3.8, 4) is 5.75 Å². The van der Waals surface area contributed by atoms with E-state index in [2.05, 4.69) is 15.7 Å². The normalized spacial score (nSPS) is 10.6. The molecule has 0 aliphatic heterocycles. The van der Waals surface area contributed by atoms with Crippen LogP contribution in [0, 0.1) is 0 Å². The molecule has 0 unspecified atom stereocenters. The number of aromatic nitrogens is 2. The van der Waals surface area contributed by atoms with Crippen molar-refractivity contribution in [1.29, 1.82) is 0 Å². The summed E-state index contributed by atoms with van der Waals surface area (Å²) in [6.45, 7) is 1.36. The van der Waals surface area contributed by atoms with Crippen LogP contribution in [0.25, 0.3) is 10.8 Å². The van der Waals surface area contributed by atoms with Crippen LogP contribution in [0.2, 0.25) is 0 Å². The molecule has 0 atom stereocenters. The second kappa shape index (κ2) is 10.3. The minimum Gasteiger partial charge on any atom is -0.492 e. The van der Waals surface area contributed by atoms with Crippen LogP contribution in [0.15, 0.2) is 85.2 Å². The molecule has 0 aliphatic carbocycles. The van der Waals surface area contributed by atoms with Gasteiger partial charge in [0.15, 0.2) is 0 Å². The molecule has 162 valence electrons. The van der Waals surface area contributed by atoms with E-state index in [1.165, 1.54) is 0 Å². The molecule has 7 nitrogen and oxygen atoms in total. The van der Waals surface area contributed by atoms with Crippen molar-refractivity contribution in [3.63, 3.8) is 0 Å². The monoisotopic (exact) mass is 428 g/mol. The Hall–Kier alpha value is -4.13. The van der Waals surface area contributed by atoms with Crippen molar-refractivity contribution in [1.82, 2.24) is 15.1 Å². The Labute approximate surface area is 186 Å². The number of carbonyl (C=O) groups is 2. The van der Waals surface area contributed by atoms with Gasteiger partial charge in [-0.25, -0.2) is 0 Å². The quantitative estimate of drug-likeness (QED) is 0.424. The lowest BCUT2D eigenvalue weighted by atomic mass is 10.1. The molecule has 2 N–H and O–H groups in total. The average molecular weight is 428 g/mol. The molecule has 7 heteroatoms. The summed E-state index contributed by atoms with van der Waals surface area (Å²) >= 11 is 0. The van der Waals surface area contributed by atoms with E-state index in [1.807, 2.05) is 60.8 Å². The summed E-state index contributed by atoms with van der Waals surface area (Å²) in [5.74, 6) is 0.285. The molecule has 0 fully saturated rings. The number of carbonyl (C=O) groups excluding carboxylic acids is 2. The Bertz CT molecular complexity index is 1200. The second-order valence-corrected chi connectivity index (χ2v) is 7.26. The number of nitrogens with zero attached hydrogens (tertiary/aromatic N) is 2. The van der Waals surface area contributed by atoms with Gasteiger partial charge >= 0.3 is 0 Å². The van der Waals surface area contributed by atoms with Crippen molar-refractivity contribution in [2.75, 3.05) is 18.5 Å². The first-order valence-electron chi connectivity index (χ1n) is 10.4. The standard InChI is InChI=1S/C25H24N4O3/c30-24(11-13-26-25(31)21-10-9-19-5-1-2-6-20(19)17-21)28-22-7-3-8-23(18-22)32-16-15-29-14-4-12-27-29/h1-10,12,14,17-18H,11,13,15-16H2,(H,26,31)(H,28,30). The van der Waals surface area contributed by atoms with Crippen LogP contribution in [0.3, 0.4) is 0 Å². The number of nitrogens with one attached hydrogen (secondary N) is 2. The maximum Gasteiger partial charge on any atom is 0.251 e. The van der Waals surface area contributed by atoms with E-state index in [0.29, 0.717) is 30.2 Å². The fourth-order valence-electron chi connectivity index (χ4n) is 3.30. The van der Waals surface area contributed by atoms with Crippen LogP contribution in [-0.4, -0.2) is 34.7 Å². The van der Waals surface area contributed by atoms with Gasteiger partial charge in [0.05, 0.1) is 6.54 Å². The molecular formula is C25H24N4O3. The molecule has 0 saturated heterocycles. The Kier molecular flexibility index (Phi) is 6.77. The lowest BCUT2D eigenvalue weighted by Crippen LogP contribution is -2.27. The minimum absolute atomic E-state index is 0.170. The molecular weight excluding hydrogens is 404 g/mol. The number of anilines is 1. The molecule has 4 rings (SSSR count). The molecule has 0 spiro atoms. The number of ether oxygens (including phenoxy) is 1. The van der Waals surface area contributed by atoms with E-state index in [-0.39, 0.29) is 24.8 Å². The summed E-state index contributed by atoms with van der Waals surface area (Å²) < 4.78 is 7.51. The van der Waals surface area contributed by atoms with Gasteiger partial charge in [-0.15, -0.1) is 0 Å². The Morgan fingerprint density at radius 1 is 0.938 bits per heavy atom. The molecule has 3 aromatic carbocycles. The number of hydrogen-bond acceptors (Lipinski definition) is 4. The van der Waals surface area contributed by atoms with E-state index in [1.54, 1.807) is 29.1 Å². The average Bonchev–Trinajstić information content (AvgIpc) is 3.32. The lowest BCUT2D eigenvalue weighted by molar-refractivity contribution is -0.116. The first-order chi connectivity index (χ1) is 15.7. The molecule has 0 aliphatic rings. The van der Waals surface area contributed by atoms with Crippen molar-refractivity contribution < 1.29 is 14.3 Å². The molecule has 1 heterocycles. The maximum atomic E-state index is 12.4. The van der Waals surface area contributed by atoms with Gasteiger partial charge in [0.2, 0.25) is 5.91 Å². The molecule has 4 aromatic rings. The summed E-state index contributed by atoms with van der Waals surface area (Å²) in [5.41, 5.74) is 1.22. The van der Waals surface area contributed by atoms with Crippen molar-refractivity contribution in [2.45, 2.75) is 13.0 Å². The minimum atomic E-state index is -0.198. The smallest absolute Gasteiger partial charge is 0.251 e. The molecule has 2 amide bonds. The number of hydrogen-bond donors (Lipinski definition) is 2. The van der Waals surface area contributed by atoms with Gasteiger partial charge in [0.25, 0.3) is 5.91 Å². The van der Waals surface area contributed by atoms with Crippen LogP contribution in [-0.2, 0) is 11.3 Å². The third-order valence-corrected chi connectivity index (χ3v) is 4.92. The number of fused-ring (bicyclic) bond motifs is 1. The fourth-order valence-corrected chi connectivity index (χ4v) is 3.30. The lowest BCUT2D eigenvalue weighted by Gasteiger charge is -2.10. The second-order valence-electron chi connectivity index (χ2n) is 7.26. The largest absolute Gasteiger partial charge is 0.492 e. The van der Waals surface area contributed by atoms with Gasteiger partial charge in [-0.3, -0.25) is 14.3 Å². The van der Waals surface area contributed by atoms with Gasteiger partial charge in [-0.1, -0.05) is 36.4 Å². The van der Waals surface area contributed by atoms with Gasteiger partial charge in [0.1, 0.15) is 12.4 Å². The van der Waals surface area contributed by atoms with E-state index in [9.17, 15) is 9.59 Å². The van der Waals surface area contributed by atoms with Crippen molar-refractivity contribution >= 4 is 28.3 Å². The number of benzene rings is 3. The van der Waals surface area contributed by atoms with Crippen molar-refractivity contribution in [2.24, 2.45) is 0 Å². The Balaban J connectivity index is 1.22.